The van der Waals surface area contributed by atoms with E-state index < -0.39 is 6.04 Å². The Balaban J connectivity index is 2.14. The molecule has 5 heteroatoms. The lowest BCUT2D eigenvalue weighted by Gasteiger charge is -2.13. The van der Waals surface area contributed by atoms with Crippen molar-refractivity contribution in [2.45, 2.75) is 33.7 Å². The van der Waals surface area contributed by atoms with Gasteiger partial charge in [0.2, 0.25) is 5.91 Å². The number of nitrogens with one attached hydrogen (secondary N) is 1. The highest BCUT2D eigenvalue weighted by Gasteiger charge is 2.18. The van der Waals surface area contributed by atoms with E-state index in [0.717, 1.165) is 11.3 Å². The lowest BCUT2D eigenvalue weighted by Crippen LogP contribution is -2.39. The molecule has 0 saturated carbocycles. The van der Waals surface area contributed by atoms with E-state index in [-0.39, 0.29) is 11.8 Å². The molecule has 1 atom stereocenters. The lowest BCUT2D eigenvalue weighted by molar-refractivity contribution is -0.118. The van der Waals surface area contributed by atoms with Crippen LogP contribution in [0.2, 0.25) is 0 Å². The Kier molecular flexibility index (Phi) is 4.75. The van der Waals surface area contributed by atoms with E-state index in [9.17, 15) is 4.79 Å². The predicted octanol–water partition coefficient (Wildman–Crippen LogP) is 3.35. The van der Waals surface area contributed by atoms with Gasteiger partial charge >= 0.3 is 0 Å². The van der Waals surface area contributed by atoms with Crippen molar-refractivity contribution in [1.29, 1.82) is 0 Å². The number of carbonyl (C=O) groups excluding carboxylic acids is 1. The van der Waals surface area contributed by atoms with Crippen LogP contribution in [0, 0.1) is 19.8 Å². The first kappa shape index (κ1) is 15.7. The van der Waals surface area contributed by atoms with Crippen molar-refractivity contribution in [3.63, 3.8) is 0 Å². The van der Waals surface area contributed by atoms with Crippen molar-refractivity contribution >= 4 is 22.4 Å². The first-order valence-corrected chi connectivity index (χ1v) is 7.86. The number of carbonyl (C=O) groups is 1. The monoisotopic (exact) mass is 303 g/mol. The Morgan fingerprint density at radius 1 is 1.29 bits per heavy atom. The number of nitrogens with zero attached hydrogens (tertiary/aromatic N) is 1. The third kappa shape index (κ3) is 3.68. The van der Waals surface area contributed by atoms with Crippen LogP contribution < -0.4 is 11.1 Å². The van der Waals surface area contributed by atoms with Crippen LogP contribution in [0.3, 0.4) is 0 Å². The molecule has 21 heavy (non-hydrogen) atoms. The Morgan fingerprint density at radius 2 is 2.00 bits per heavy atom. The third-order valence-corrected chi connectivity index (χ3v) is 4.32. The van der Waals surface area contributed by atoms with Gasteiger partial charge in [-0.15, -0.1) is 11.3 Å². The van der Waals surface area contributed by atoms with Crippen LogP contribution in [0.25, 0.3) is 11.3 Å². The molecule has 2 rings (SSSR count). The molecule has 0 aliphatic carbocycles. The number of nitrogens with two attached hydrogens (primary N) is 1. The van der Waals surface area contributed by atoms with Gasteiger partial charge in [-0.3, -0.25) is 4.79 Å². The molecule has 2 aromatic rings. The van der Waals surface area contributed by atoms with Gasteiger partial charge < -0.3 is 11.1 Å². The molecule has 0 fully saturated rings. The Morgan fingerprint density at radius 3 is 2.62 bits per heavy atom. The number of aryl methyl sites for hydroxylation is 2. The summed E-state index contributed by atoms with van der Waals surface area (Å²) >= 11 is 1.41. The summed E-state index contributed by atoms with van der Waals surface area (Å²) in [6.07, 6.45) is 0. The molecule has 0 aliphatic rings. The quantitative estimate of drug-likeness (QED) is 0.910. The van der Waals surface area contributed by atoms with Gasteiger partial charge in [0.1, 0.15) is 0 Å². The van der Waals surface area contributed by atoms with Gasteiger partial charge in [0.25, 0.3) is 0 Å². The summed E-state index contributed by atoms with van der Waals surface area (Å²) in [5.41, 5.74) is 10.2. The molecule has 1 amide bonds. The first-order valence-electron chi connectivity index (χ1n) is 6.98. The third-order valence-electron chi connectivity index (χ3n) is 3.56. The summed E-state index contributed by atoms with van der Waals surface area (Å²) in [4.78, 5) is 16.4. The predicted molar refractivity (Wildman–Crippen MR) is 88.5 cm³/mol. The number of thiazole rings is 1. The summed E-state index contributed by atoms with van der Waals surface area (Å²) in [7, 11) is 0. The standard InChI is InChI=1S/C16H21N3OS/c1-9(2)14(17)15(20)19-16-18-13(8-21-16)12-6-5-10(3)11(4)7-12/h5-9,14H,17H2,1-4H3,(H,18,19,20). The van der Waals surface area contributed by atoms with Gasteiger partial charge in [-0.25, -0.2) is 4.98 Å². The number of rotatable bonds is 4. The van der Waals surface area contributed by atoms with Crippen molar-refractivity contribution < 1.29 is 4.79 Å². The maximum Gasteiger partial charge on any atom is 0.243 e. The molecular weight excluding hydrogens is 282 g/mol. The smallest absolute Gasteiger partial charge is 0.243 e. The molecule has 0 radical (unpaired) electrons. The van der Waals surface area contributed by atoms with Crippen molar-refractivity contribution in [1.82, 2.24) is 4.98 Å². The molecule has 3 N–H and O–H groups in total. The van der Waals surface area contributed by atoms with E-state index in [0.29, 0.717) is 5.13 Å². The van der Waals surface area contributed by atoms with Crippen LogP contribution in [0.15, 0.2) is 23.6 Å². The van der Waals surface area contributed by atoms with Crippen molar-refractivity contribution in [2.24, 2.45) is 11.7 Å². The lowest BCUT2D eigenvalue weighted by atomic mass is 10.1. The Bertz CT molecular complexity index is 649. The van der Waals surface area contributed by atoms with Crippen molar-refractivity contribution in [3.8, 4) is 11.3 Å². The second-order valence-electron chi connectivity index (χ2n) is 5.60. The van der Waals surface area contributed by atoms with E-state index in [1.54, 1.807) is 0 Å². The number of anilines is 1. The van der Waals surface area contributed by atoms with Crippen LogP contribution >= 0.6 is 11.3 Å². The minimum absolute atomic E-state index is 0.101. The molecular formula is C16H21N3OS. The van der Waals surface area contributed by atoms with Gasteiger partial charge in [-0.1, -0.05) is 26.0 Å². The summed E-state index contributed by atoms with van der Waals surface area (Å²) in [6, 6.07) is 5.72. The Hall–Kier alpha value is -1.72. The number of benzene rings is 1. The van der Waals surface area contributed by atoms with E-state index in [1.807, 2.05) is 25.3 Å². The maximum absolute atomic E-state index is 11.9. The van der Waals surface area contributed by atoms with Crippen LogP contribution in [-0.2, 0) is 4.79 Å². The average molecular weight is 303 g/mol. The second-order valence-corrected chi connectivity index (χ2v) is 6.45. The minimum atomic E-state index is -0.515. The molecule has 0 spiro atoms. The van der Waals surface area contributed by atoms with E-state index in [2.05, 4.69) is 36.3 Å². The average Bonchev–Trinajstić information content (AvgIpc) is 2.89. The zero-order chi connectivity index (χ0) is 15.6. The molecule has 4 nitrogen and oxygen atoms in total. The normalized spacial score (nSPS) is 12.5. The van der Waals surface area contributed by atoms with Crippen molar-refractivity contribution in [3.05, 3.63) is 34.7 Å². The second kappa shape index (κ2) is 6.37. The van der Waals surface area contributed by atoms with Gasteiger partial charge in [0.15, 0.2) is 5.13 Å². The highest BCUT2D eigenvalue weighted by atomic mass is 32.1. The summed E-state index contributed by atoms with van der Waals surface area (Å²) in [6.45, 7) is 8.01. The molecule has 1 aromatic heterocycles. The number of hydrogen-bond donors (Lipinski definition) is 2. The fourth-order valence-corrected chi connectivity index (χ4v) is 2.58. The van der Waals surface area contributed by atoms with E-state index in [1.165, 1.54) is 22.5 Å². The summed E-state index contributed by atoms with van der Waals surface area (Å²) < 4.78 is 0. The summed E-state index contributed by atoms with van der Waals surface area (Å²) in [5, 5.41) is 5.32. The van der Waals surface area contributed by atoms with E-state index in [4.69, 9.17) is 5.73 Å². The molecule has 0 bridgehead atoms. The fourth-order valence-electron chi connectivity index (χ4n) is 1.86. The number of hydrogen-bond acceptors (Lipinski definition) is 4. The van der Waals surface area contributed by atoms with Gasteiger partial charge in [-0.05, 0) is 37.0 Å². The van der Waals surface area contributed by atoms with Gasteiger partial charge in [0.05, 0.1) is 11.7 Å². The molecule has 0 aliphatic heterocycles. The zero-order valence-corrected chi connectivity index (χ0v) is 13.6. The molecule has 0 saturated heterocycles. The van der Waals surface area contributed by atoms with Crippen LogP contribution in [0.4, 0.5) is 5.13 Å². The highest BCUT2D eigenvalue weighted by Crippen LogP contribution is 2.26. The van der Waals surface area contributed by atoms with Crippen molar-refractivity contribution in [2.75, 3.05) is 5.32 Å². The molecule has 1 unspecified atom stereocenters. The summed E-state index contributed by atoms with van der Waals surface area (Å²) in [5.74, 6) is -0.0878. The Labute approximate surface area is 129 Å². The fraction of sp³-hybridized carbons (Fsp3) is 0.375. The van der Waals surface area contributed by atoms with Crippen LogP contribution in [-0.4, -0.2) is 16.9 Å². The highest BCUT2D eigenvalue weighted by molar-refractivity contribution is 7.14. The minimum Gasteiger partial charge on any atom is -0.320 e. The van der Waals surface area contributed by atoms with Crippen LogP contribution in [0.5, 0.6) is 0 Å². The van der Waals surface area contributed by atoms with Crippen LogP contribution in [0.1, 0.15) is 25.0 Å². The molecule has 1 heterocycles. The molecule has 1 aromatic carbocycles. The molecule has 112 valence electrons. The maximum atomic E-state index is 11.9. The first-order chi connectivity index (χ1) is 9.88. The number of aromatic nitrogens is 1. The largest absolute Gasteiger partial charge is 0.320 e. The topological polar surface area (TPSA) is 68.0 Å². The zero-order valence-electron chi connectivity index (χ0n) is 12.8. The number of amides is 1. The van der Waals surface area contributed by atoms with Gasteiger partial charge in [-0.2, -0.15) is 0 Å². The SMILES string of the molecule is Cc1ccc(-c2csc(NC(=O)C(N)C(C)C)n2)cc1C. The van der Waals surface area contributed by atoms with Gasteiger partial charge in [0, 0.05) is 10.9 Å². The van der Waals surface area contributed by atoms with E-state index >= 15 is 0 Å².